The lowest BCUT2D eigenvalue weighted by atomic mass is 10.0. The van der Waals surface area contributed by atoms with Gasteiger partial charge in [-0.3, -0.25) is 0 Å². The van der Waals surface area contributed by atoms with Crippen LogP contribution in [-0.2, 0) is 4.79 Å². The van der Waals surface area contributed by atoms with Gasteiger partial charge in [0.05, 0.1) is 6.10 Å². The van der Waals surface area contributed by atoms with E-state index in [2.05, 4.69) is 5.32 Å². The molecule has 2 rings (SSSR count). The van der Waals surface area contributed by atoms with E-state index in [1.54, 1.807) is 0 Å². The highest BCUT2D eigenvalue weighted by atomic mass is 16.4. The van der Waals surface area contributed by atoms with Crippen molar-refractivity contribution in [3.8, 4) is 0 Å². The number of carboxylic acids is 1. The molecular weight excluding hydrogens is 260 g/mol. The molecule has 2 amide bonds. The van der Waals surface area contributed by atoms with Gasteiger partial charge in [0, 0.05) is 19.5 Å². The highest BCUT2D eigenvalue weighted by Gasteiger charge is 2.38. The van der Waals surface area contributed by atoms with Gasteiger partial charge in [-0.2, -0.15) is 0 Å². The Balaban J connectivity index is 1.69. The van der Waals surface area contributed by atoms with Gasteiger partial charge >= 0.3 is 12.0 Å². The summed E-state index contributed by atoms with van der Waals surface area (Å²) >= 11 is 0. The smallest absolute Gasteiger partial charge is 0.326 e. The number of aliphatic hydroxyl groups is 1. The minimum absolute atomic E-state index is 0.103. The summed E-state index contributed by atoms with van der Waals surface area (Å²) < 4.78 is 0. The molecule has 2 fully saturated rings. The van der Waals surface area contributed by atoms with Gasteiger partial charge in [-0.25, -0.2) is 9.59 Å². The summed E-state index contributed by atoms with van der Waals surface area (Å²) in [5.41, 5.74) is 0. The lowest BCUT2D eigenvalue weighted by Gasteiger charge is -2.21. The number of urea groups is 1. The first-order chi connectivity index (χ1) is 9.58. The van der Waals surface area contributed by atoms with Gasteiger partial charge in [0.25, 0.3) is 0 Å². The molecule has 3 N–H and O–H groups in total. The largest absolute Gasteiger partial charge is 0.480 e. The topological polar surface area (TPSA) is 89.9 Å². The van der Waals surface area contributed by atoms with Crippen LogP contribution < -0.4 is 5.32 Å². The van der Waals surface area contributed by atoms with Crippen LogP contribution in [0.15, 0.2) is 0 Å². The summed E-state index contributed by atoms with van der Waals surface area (Å²) in [6.45, 7) is 0.680. The van der Waals surface area contributed by atoms with Crippen LogP contribution in [0.1, 0.15) is 44.9 Å². The molecule has 1 aliphatic carbocycles. The summed E-state index contributed by atoms with van der Waals surface area (Å²) in [6.07, 6.45) is 6.69. The zero-order valence-electron chi connectivity index (χ0n) is 11.8. The Morgan fingerprint density at radius 1 is 1.25 bits per heavy atom. The summed E-state index contributed by atoms with van der Waals surface area (Å²) in [7, 11) is 0. The zero-order valence-corrected chi connectivity index (χ0v) is 11.8. The second-order valence-corrected chi connectivity index (χ2v) is 5.92. The van der Waals surface area contributed by atoms with Gasteiger partial charge < -0.3 is 20.4 Å². The van der Waals surface area contributed by atoms with Crippen molar-refractivity contribution in [1.29, 1.82) is 0 Å². The van der Waals surface area contributed by atoms with Crippen LogP contribution >= 0.6 is 0 Å². The third kappa shape index (κ3) is 3.85. The number of β-amino-alcohol motifs (C(OH)–C–C–N with tert-alkyl or cyclic N) is 1. The quantitative estimate of drug-likeness (QED) is 0.661. The zero-order chi connectivity index (χ0) is 14.5. The molecule has 0 unspecified atom stereocenters. The molecule has 2 aliphatic rings. The molecule has 114 valence electrons. The standard InChI is InChI=1S/C14H24N2O4/c17-11-8-12(13(18)19)16(9-11)14(20)15-7-3-6-10-4-1-2-5-10/h10-12,17H,1-9H2,(H,15,20)(H,18,19)/t11-,12-/m0/s1. The van der Waals surface area contributed by atoms with Crippen LogP contribution in [0.2, 0.25) is 0 Å². The van der Waals surface area contributed by atoms with Crippen molar-refractivity contribution in [2.24, 2.45) is 5.92 Å². The molecule has 0 aromatic rings. The molecule has 0 radical (unpaired) electrons. The maximum Gasteiger partial charge on any atom is 0.326 e. The van der Waals surface area contributed by atoms with Gasteiger partial charge in [-0.05, 0) is 18.8 Å². The number of likely N-dealkylation sites (tertiary alicyclic amines) is 1. The van der Waals surface area contributed by atoms with Crippen molar-refractivity contribution in [1.82, 2.24) is 10.2 Å². The number of nitrogens with one attached hydrogen (secondary N) is 1. The number of aliphatic carboxylic acids is 1. The van der Waals surface area contributed by atoms with Crippen molar-refractivity contribution in [3.63, 3.8) is 0 Å². The van der Waals surface area contributed by atoms with Gasteiger partial charge in [0.1, 0.15) is 6.04 Å². The Labute approximate surface area is 119 Å². The monoisotopic (exact) mass is 284 g/mol. The highest BCUT2D eigenvalue weighted by Crippen LogP contribution is 2.28. The Bertz CT molecular complexity index is 355. The average Bonchev–Trinajstić information content (AvgIpc) is 3.03. The van der Waals surface area contributed by atoms with Crippen molar-refractivity contribution in [2.75, 3.05) is 13.1 Å². The number of hydrogen-bond donors (Lipinski definition) is 3. The summed E-state index contributed by atoms with van der Waals surface area (Å²) in [5.74, 6) is -0.255. The highest BCUT2D eigenvalue weighted by molar-refractivity contribution is 5.83. The van der Waals surface area contributed by atoms with Crippen molar-refractivity contribution in [3.05, 3.63) is 0 Å². The van der Waals surface area contributed by atoms with Crippen molar-refractivity contribution < 1.29 is 19.8 Å². The Morgan fingerprint density at radius 3 is 2.60 bits per heavy atom. The number of nitrogens with zero attached hydrogens (tertiary/aromatic N) is 1. The van der Waals surface area contributed by atoms with Gasteiger partial charge in [-0.15, -0.1) is 0 Å². The number of hydrogen-bond acceptors (Lipinski definition) is 3. The van der Waals surface area contributed by atoms with E-state index in [0.717, 1.165) is 18.8 Å². The number of aliphatic hydroxyl groups excluding tert-OH is 1. The van der Waals surface area contributed by atoms with Crippen LogP contribution in [-0.4, -0.2) is 52.3 Å². The molecular formula is C14H24N2O4. The van der Waals surface area contributed by atoms with Crippen LogP contribution in [0.25, 0.3) is 0 Å². The average molecular weight is 284 g/mol. The fourth-order valence-electron chi connectivity index (χ4n) is 3.26. The fourth-order valence-corrected chi connectivity index (χ4v) is 3.26. The SMILES string of the molecule is O=C(O)[C@@H]1C[C@H](O)CN1C(=O)NCCCC1CCCC1. The molecule has 1 aliphatic heterocycles. The third-order valence-electron chi connectivity index (χ3n) is 4.37. The Kier molecular flexibility index (Phi) is 5.23. The molecule has 1 saturated carbocycles. The summed E-state index contributed by atoms with van der Waals surface area (Å²) in [6, 6.07) is -1.28. The van der Waals surface area contributed by atoms with E-state index in [0.29, 0.717) is 6.54 Å². The molecule has 20 heavy (non-hydrogen) atoms. The maximum absolute atomic E-state index is 11.9. The Hall–Kier alpha value is -1.30. The number of carboxylic acid groups (broad SMARTS) is 1. The van der Waals surface area contributed by atoms with E-state index >= 15 is 0 Å². The lowest BCUT2D eigenvalue weighted by Crippen LogP contribution is -2.46. The first kappa shape index (κ1) is 15.1. The lowest BCUT2D eigenvalue weighted by molar-refractivity contribution is -0.141. The minimum Gasteiger partial charge on any atom is -0.480 e. The molecule has 2 atom stereocenters. The molecule has 0 aromatic carbocycles. The predicted octanol–water partition coefficient (Wildman–Crippen LogP) is 1.19. The van der Waals surface area contributed by atoms with Crippen LogP contribution in [0.5, 0.6) is 0 Å². The van der Waals surface area contributed by atoms with Gasteiger partial charge in [-0.1, -0.05) is 25.7 Å². The fraction of sp³-hybridized carbons (Fsp3) is 0.857. The normalized spacial score (nSPS) is 26.9. The molecule has 0 aromatic heterocycles. The third-order valence-corrected chi connectivity index (χ3v) is 4.37. The van der Waals surface area contributed by atoms with Crippen LogP contribution in [0, 0.1) is 5.92 Å². The van der Waals surface area contributed by atoms with E-state index in [-0.39, 0.29) is 19.0 Å². The van der Waals surface area contributed by atoms with Crippen molar-refractivity contribution in [2.45, 2.75) is 57.1 Å². The maximum atomic E-state index is 11.9. The summed E-state index contributed by atoms with van der Waals surface area (Å²) in [4.78, 5) is 24.2. The van der Waals surface area contributed by atoms with E-state index < -0.39 is 18.1 Å². The Morgan fingerprint density at radius 2 is 1.95 bits per heavy atom. The van der Waals surface area contributed by atoms with Crippen LogP contribution in [0.3, 0.4) is 0 Å². The molecule has 0 spiro atoms. The first-order valence-electron chi connectivity index (χ1n) is 7.53. The van der Waals surface area contributed by atoms with E-state index in [1.807, 2.05) is 0 Å². The first-order valence-corrected chi connectivity index (χ1v) is 7.53. The van der Waals surface area contributed by atoms with E-state index in [9.17, 15) is 14.7 Å². The molecule has 0 bridgehead atoms. The number of amides is 2. The van der Waals surface area contributed by atoms with Crippen molar-refractivity contribution >= 4 is 12.0 Å². The summed E-state index contributed by atoms with van der Waals surface area (Å²) in [5, 5.41) is 21.3. The predicted molar refractivity (Wildman–Crippen MR) is 73.3 cm³/mol. The molecule has 6 nitrogen and oxygen atoms in total. The van der Waals surface area contributed by atoms with Gasteiger partial charge in [0.2, 0.25) is 0 Å². The van der Waals surface area contributed by atoms with Gasteiger partial charge in [0.15, 0.2) is 0 Å². The molecule has 6 heteroatoms. The molecule has 1 saturated heterocycles. The second-order valence-electron chi connectivity index (χ2n) is 5.92. The minimum atomic E-state index is -1.05. The molecule has 1 heterocycles. The second kappa shape index (κ2) is 6.92. The van der Waals surface area contributed by atoms with E-state index in [4.69, 9.17) is 5.11 Å². The number of carbonyl (C=O) groups excluding carboxylic acids is 1. The number of carbonyl (C=O) groups is 2. The van der Waals surface area contributed by atoms with E-state index in [1.165, 1.54) is 30.6 Å². The van der Waals surface area contributed by atoms with Crippen LogP contribution in [0.4, 0.5) is 4.79 Å². The number of rotatable bonds is 5.